The van der Waals surface area contributed by atoms with Crippen LogP contribution < -0.4 is 0 Å². The van der Waals surface area contributed by atoms with E-state index in [2.05, 4.69) is 27.9 Å². The molecule has 3 nitrogen and oxygen atoms in total. The summed E-state index contributed by atoms with van der Waals surface area (Å²) >= 11 is 3.49. The average molecular weight is 321 g/mol. The molecule has 4 rings (SSSR count). The summed E-state index contributed by atoms with van der Waals surface area (Å²) in [5, 5.41) is 0. The third kappa shape index (κ3) is 1.93. The summed E-state index contributed by atoms with van der Waals surface area (Å²) in [7, 11) is 2.27. The molecule has 2 fully saturated rings. The first kappa shape index (κ1) is 11.9. The van der Waals surface area contributed by atoms with Crippen LogP contribution in [0.25, 0.3) is 11.1 Å². The van der Waals surface area contributed by atoms with Crippen LogP contribution in [0.15, 0.2) is 27.1 Å². The van der Waals surface area contributed by atoms with Crippen molar-refractivity contribution in [2.45, 2.75) is 43.7 Å². The first-order valence-corrected chi connectivity index (χ1v) is 7.78. The number of benzene rings is 1. The molecular weight excluding hydrogens is 304 g/mol. The zero-order valence-corrected chi connectivity index (χ0v) is 12.6. The van der Waals surface area contributed by atoms with Gasteiger partial charge in [0.1, 0.15) is 5.52 Å². The van der Waals surface area contributed by atoms with Gasteiger partial charge in [-0.1, -0.05) is 15.9 Å². The molecule has 2 aromatic rings. The molecule has 1 aromatic heterocycles. The second-order valence-electron chi connectivity index (χ2n) is 5.88. The Morgan fingerprint density at radius 3 is 2.74 bits per heavy atom. The fourth-order valence-corrected chi connectivity index (χ4v) is 4.06. The van der Waals surface area contributed by atoms with E-state index in [0.717, 1.165) is 33.5 Å². The highest BCUT2D eigenvalue weighted by molar-refractivity contribution is 9.10. The van der Waals surface area contributed by atoms with Crippen molar-refractivity contribution in [3.05, 3.63) is 28.6 Å². The zero-order chi connectivity index (χ0) is 13.0. The van der Waals surface area contributed by atoms with Crippen molar-refractivity contribution in [1.29, 1.82) is 0 Å². The third-order valence-corrected chi connectivity index (χ3v) is 5.31. The molecule has 0 radical (unpaired) electrons. The lowest BCUT2D eigenvalue weighted by molar-refractivity contribution is 0.152. The van der Waals surface area contributed by atoms with Gasteiger partial charge < -0.3 is 9.32 Å². The minimum atomic E-state index is 0.500. The lowest BCUT2D eigenvalue weighted by Crippen LogP contribution is -2.39. The summed E-state index contributed by atoms with van der Waals surface area (Å²) in [5.74, 6) is 1.44. The summed E-state index contributed by atoms with van der Waals surface area (Å²) in [5.41, 5.74) is 1.88. The summed E-state index contributed by atoms with van der Waals surface area (Å²) in [6.07, 6.45) is 5.06. The molecule has 2 bridgehead atoms. The van der Waals surface area contributed by atoms with Gasteiger partial charge in [0.2, 0.25) is 0 Å². The maximum Gasteiger partial charge on any atom is 0.198 e. The maximum absolute atomic E-state index is 5.97. The Balaban J connectivity index is 1.68. The highest BCUT2D eigenvalue weighted by Gasteiger charge is 2.40. The maximum atomic E-state index is 5.97. The van der Waals surface area contributed by atoms with Crippen molar-refractivity contribution >= 4 is 27.0 Å². The number of hydrogen-bond donors (Lipinski definition) is 0. The standard InChI is InChI=1S/C15H17BrN2O/c1-18-11-3-4-12(18)7-9(6-11)15-17-13-8-10(16)2-5-14(13)19-15/h2,5,8-9,11-12H,3-4,6-7H2,1H3. The molecule has 4 heteroatoms. The molecule has 0 aliphatic carbocycles. The van der Waals surface area contributed by atoms with Gasteiger partial charge in [0.15, 0.2) is 11.5 Å². The van der Waals surface area contributed by atoms with Crippen molar-refractivity contribution in [3.8, 4) is 0 Å². The van der Waals surface area contributed by atoms with Crippen LogP contribution in [-0.4, -0.2) is 29.0 Å². The quantitative estimate of drug-likeness (QED) is 0.797. The van der Waals surface area contributed by atoms with Crippen LogP contribution in [0, 0.1) is 0 Å². The number of halogens is 1. The van der Waals surface area contributed by atoms with E-state index in [1.165, 1.54) is 25.7 Å². The van der Waals surface area contributed by atoms with E-state index in [4.69, 9.17) is 9.40 Å². The van der Waals surface area contributed by atoms with Gasteiger partial charge in [-0.15, -0.1) is 0 Å². The Hall–Kier alpha value is -0.870. The topological polar surface area (TPSA) is 29.3 Å². The largest absolute Gasteiger partial charge is 0.440 e. The lowest BCUT2D eigenvalue weighted by Gasteiger charge is -2.34. The van der Waals surface area contributed by atoms with Crippen LogP contribution in [0.2, 0.25) is 0 Å². The van der Waals surface area contributed by atoms with Gasteiger partial charge in [0, 0.05) is 22.5 Å². The number of oxazole rings is 1. The van der Waals surface area contributed by atoms with Crippen molar-refractivity contribution in [3.63, 3.8) is 0 Å². The fraction of sp³-hybridized carbons (Fsp3) is 0.533. The van der Waals surface area contributed by atoms with Gasteiger partial charge in [-0.2, -0.15) is 0 Å². The van der Waals surface area contributed by atoms with Gasteiger partial charge in [-0.25, -0.2) is 4.98 Å². The molecule has 2 aliphatic heterocycles. The number of rotatable bonds is 1. The van der Waals surface area contributed by atoms with Crippen LogP contribution in [0.4, 0.5) is 0 Å². The monoisotopic (exact) mass is 320 g/mol. The second kappa shape index (κ2) is 4.32. The van der Waals surface area contributed by atoms with E-state index in [-0.39, 0.29) is 0 Å². The number of fused-ring (bicyclic) bond motifs is 3. The molecule has 2 aliphatic rings. The molecule has 0 amide bonds. The molecule has 1 aromatic carbocycles. The summed E-state index contributed by atoms with van der Waals surface area (Å²) in [6.45, 7) is 0. The fourth-order valence-electron chi connectivity index (χ4n) is 3.71. The van der Waals surface area contributed by atoms with E-state index >= 15 is 0 Å². The summed E-state index contributed by atoms with van der Waals surface area (Å²) < 4.78 is 7.03. The molecule has 100 valence electrons. The molecule has 0 saturated carbocycles. The Labute approximate surface area is 121 Å². The van der Waals surface area contributed by atoms with E-state index < -0.39 is 0 Å². The Bertz CT molecular complexity index is 610. The Morgan fingerprint density at radius 2 is 2.00 bits per heavy atom. The smallest absolute Gasteiger partial charge is 0.198 e. The van der Waals surface area contributed by atoms with Crippen LogP contribution >= 0.6 is 15.9 Å². The van der Waals surface area contributed by atoms with E-state index in [1.807, 2.05) is 18.2 Å². The van der Waals surface area contributed by atoms with Crippen molar-refractivity contribution < 1.29 is 4.42 Å². The van der Waals surface area contributed by atoms with Crippen molar-refractivity contribution in [1.82, 2.24) is 9.88 Å². The molecular formula is C15H17BrN2O. The molecule has 3 heterocycles. The minimum absolute atomic E-state index is 0.500. The summed E-state index contributed by atoms with van der Waals surface area (Å²) in [4.78, 5) is 7.26. The van der Waals surface area contributed by atoms with Crippen molar-refractivity contribution in [2.24, 2.45) is 0 Å². The predicted molar refractivity (Wildman–Crippen MR) is 78.3 cm³/mol. The normalized spacial score (nSPS) is 31.2. The average Bonchev–Trinajstić information content (AvgIpc) is 2.86. The van der Waals surface area contributed by atoms with Gasteiger partial charge >= 0.3 is 0 Å². The molecule has 2 atom stereocenters. The van der Waals surface area contributed by atoms with Crippen LogP contribution in [0.3, 0.4) is 0 Å². The minimum Gasteiger partial charge on any atom is -0.440 e. The second-order valence-corrected chi connectivity index (χ2v) is 6.80. The number of piperidine rings is 1. The highest BCUT2D eigenvalue weighted by Crippen LogP contribution is 2.42. The first-order valence-electron chi connectivity index (χ1n) is 6.98. The number of hydrogen-bond acceptors (Lipinski definition) is 3. The molecule has 2 unspecified atom stereocenters. The SMILES string of the molecule is CN1C2CCC1CC(c1nc3cc(Br)ccc3o1)C2. The van der Waals surface area contributed by atoms with Crippen LogP contribution in [-0.2, 0) is 0 Å². The zero-order valence-electron chi connectivity index (χ0n) is 11.0. The molecule has 2 saturated heterocycles. The van der Waals surface area contributed by atoms with Crippen LogP contribution in [0.1, 0.15) is 37.5 Å². The van der Waals surface area contributed by atoms with E-state index in [1.54, 1.807) is 0 Å². The highest BCUT2D eigenvalue weighted by atomic mass is 79.9. The Morgan fingerprint density at radius 1 is 1.26 bits per heavy atom. The van der Waals surface area contributed by atoms with Gasteiger partial charge in [-0.3, -0.25) is 0 Å². The molecule has 0 spiro atoms. The van der Waals surface area contributed by atoms with Gasteiger partial charge in [0.05, 0.1) is 0 Å². The third-order valence-electron chi connectivity index (χ3n) is 4.81. The Kier molecular flexibility index (Phi) is 2.71. The number of nitrogens with zero attached hydrogens (tertiary/aromatic N) is 2. The van der Waals surface area contributed by atoms with Crippen LogP contribution in [0.5, 0.6) is 0 Å². The van der Waals surface area contributed by atoms with E-state index in [0.29, 0.717) is 5.92 Å². The summed E-state index contributed by atoms with van der Waals surface area (Å²) in [6, 6.07) is 7.50. The van der Waals surface area contributed by atoms with Gasteiger partial charge in [-0.05, 0) is 50.9 Å². The molecule has 0 N–H and O–H groups in total. The number of aromatic nitrogens is 1. The van der Waals surface area contributed by atoms with E-state index in [9.17, 15) is 0 Å². The predicted octanol–water partition coefficient (Wildman–Crippen LogP) is 3.93. The van der Waals surface area contributed by atoms with Crippen molar-refractivity contribution in [2.75, 3.05) is 7.05 Å². The first-order chi connectivity index (χ1) is 9.20. The lowest BCUT2D eigenvalue weighted by atomic mass is 9.91. The van der Waals surface area contributed by atoms with Gasteiger partial charge in [0.25, 0.3) is 0 Å². The molecule has 19 heavy (non-hydrogen) atoms.